The largest absolute Gasteiger partial charge is 0.352 e. The van der Waals surface area contributed by atoms with Crippen molar-refractivity contribution in [2.45, 2.75) is 38.1 Å². The Morgan fingerprint density at radius 3 is 2.36 bits per heavy atom. The van der Waals surface area contributed by atoms with E-state index in [-0.39, 0.29) is 29.6 Å². The number of carbonyl (C=O) groups excluding carboxylic acids is 3. The highest BCUT2D eigenvalue weighted by molar-refractivity contribution is 6.30. The third-order valence-electron chi connectivity index (χ3n) is 6.52. The van der Waals surface area contributed by atoms with Gasteiger partial charge in [-0.15, -0.1) is 0 Å². The Hall–Kier alpha value is -4.41. The van der Waals surface area contributed by atoms with Gasteiger partial charge in [0.25, 0.3) is 11.8 Å². The lowest BCUT2D eigenvalue weighted by Crippen LogP contribution is -2.41. The predicted octanol–water partition coefficient (Wildman–Crippen LogP) is 4.54. The van der Waals surface area contributed by atoms with Crippen molar-refractivity contribution in [3.63, 3.8) is 0 Å². The maximum Gasteiger partial charge on any atom is 0.251 e. The zero-order valence-electron chi connectivity index (χ0n) is 22.8. The van der Waals surface area contributed by atoms with Gasteiger partial charge >= 0.3 is 0 Å². The molecule has 0 aliphatic carbocycles. The van der Waals surface area contributed by atoms with Gasteiger partial charge in [0.05, 0.1) is 12.5 Å². The van der Waals surface area contributed by atoms with Crippen molar-refractivity contribution in [1.29, 1.82) is 0 Å². The molecule has 0 aliphatic heterocycles. The van der Waals surface area contributed by atoms with E-state index in [0.29, 0.717) is 49.4 Å². The maximum absolute atomic E-state index is 13.2. The molecule has 4 aromatic rings. The van der Waals surface area contributed by atoms with Crippen LogP contribution in [0.4, 0.5) is 4.39 Å². The van der Waals surface area contributed by atoms with Crippen molar-refractivity contribution in [3.05, 3.63) is 118 Å². The summed E-state index contributed by atoms with van der Waals surface area (Å²) in [4.78, 5) is 42.6. The van der Waals surface area contributed by atoms with Crippen LogP contribution in [-0.4, -0.2) is 46.9 Å². The van der Waals surface area contributed by atoms with Crippen LogP contribution in [0.2, 0.25) is 5.02 Å². The average molecular weight is 592 g/mol. The molecule has 0 radical (unpaired) electrons. The van der Waals surface area contributed by atoms with Gasteiger partial charge in [0.1, 0.15) is 5.82 Å². The number of rotatable bonds is 14. The van der Waals surface area contributed by atoms with Crippen LogP contribution < -0.4 is 16.4 Å². The number of nitrogens with zero attached hydrogens (tertiary/aromatic N) is 2. The average Bonchev–Trinajstić information content (AvgIpc) is 3.45. The summed E-state index contributed by atoms with van der Waals surface area (Å²) >= 11 is 6.00. The third kappa shape index (κ3) is 8.79. The second-order valence-corrected chi connectivity index (χ2v) is 10.1. The van der Waals surface area contributed by atoms with Gasteiger partial charge in [0.2, 0.25) is 17.5 Å². The SMILES string of the molecule is NCCCC[C@H](NC(=O)c1ccc(F)cc1)C(=O)c1noc(Cc2ccc(C(=O)NCCc3cccc(Cl)c3)cc2)n1. The van der Waals surface area contributed by atoms with Crippen molar-refractivity contribution >= 4 is 29.2 Å². The lowest BCUT2D eigenvalue weighted by Gasteiger charge is -2.16. The summed E-state index contributed by atoms with van der Waals surface area (Å²) in [5.41, 5.74) is 8.15. The molecule has 0 unspecified atom stereocenters. The van der Waals surface area contributed by atoms with E-state index in [4.69, 9.17) is 21.9 Å². The number of amides is 2. The minimum absolute atomic E-state index is 0.155. The van der Waals surface area contributed by atoms with Crippen molar-refractivity contribution in [2.24, 2.45) is 5.73 Å². The number of nitrogens with two attached hydrogens (primary N) is 1. The first-order chi connectivity index (χ1) is 20.3. The summed E-state index contributed by atoms with van der Waals surface area (Å²) in [7, 11) is 0. The highest BCUT2D eigenvalue weighted by Crippen LogP contribution is 2.14. The van der Waals surface area contributed by atoms with Crippen molar-refractivity contribution < 1.29 is 23.3 Å². The Labute approximate surface area is 247 Å². The highest BCUT2D eigenvalue weighted by atomic mass is 35.5. The number of nitrogens with one attached hydrogen (secondary N) is 2. The molecule has 2 amide bonds. The van der Waals surface area contributed by atoms with E-state index < -0.39 is 23.5 Å². The third-order valence-corrected chi connectivity index (χ3v) is 6.76. The lowest BCUT2D eigenvalue weighted by atomic mass is 10.0. The molecule has 1 atom stereocenters. The fraction of sp³-hybridized carbons (Fsp3) is 0.258. The predicted molar refractivity (Wildman–Crippen MR) is 156 cm³/mol. The molecule has 3 aromatic carbocycles. The molecule has 218 valence electrons. The first-order valence-corrected chi connectivity index (χ1v) is 13.9. The van der Waals surface area contributed by atoms with Crippen LogP contribution in [0.1, 0.15) is 67.6 Å². The minimum Gasteiger partial charge on any atom is -0.352 e. The molecule has 4 N–H and O–H groups in total. The van der Waals surface area contributed by atoms with Crippen LogP contribution in [0.5, 0.6) is 0 Å². The van der Waals surface area contributed by atoms with E-state index in [1.807, 2.05) is 18.2 Å². The van der Waals surface area contributed by atoms with Gasteiger partial charge in [0, 0.05) is 22.7 Å². The zero-order valence-corrected chi connectivity index (χ0v) is 23.6. The van der Waals surface area contributed by atoms with E-state index in [1.54, 1.807) is 30.3 Å². The molecule has 0 saturated heterocycles. The number of carbonyl (C=O) groups is 3. The molecule has 1 heterocycles. The number of benzene rings is 3. The molecule has 0 saturated carbocycles. The van der Waals surface area contributed by atoms with E-state index in [9.17, 15) is 18.8 Å². The van der Waals surface area contributed by atoms with Gasteiger partial charge in [-0.3, -0.25) is 14.4 Å². The Morgan fingerprint density at radius 1 is 0.929 bits per heavy atom. The normalized spacial score (nSPS) is 11.6. The van der Waals surface area contributed by atoms with Crippen LogP contribution in [-0.2, 0) is 12.8 Å². The second kappa shape index (κ2) is 15.0. The second-order valence-electron chi connectivity index (χ2n) is 9.70. The zero-order chi connectivity index (χ0) is 29.9. The molecule has 0 bridgehead atoms. The van der Waals surface area contributed by atoms with E-state index >= 15 is 0 Å². The topological polar surface area (TPSA) is 140 Å². The van der Waals surface area contributed by atoms with E-state index in [0.717, 1.165) is 11.1 Å². The van der Waals surface area contributed by atoms with E-state index in [1.165, 1.54) is 24.3 Å². The Balaban J connectivity index is 1.33. The molecule has 1 aromatic heterocycles. The number of unbranched alkanes of at least 4 members (excludes halogenated alkanes) is 1. The fourth-order valence-electron chi connectivity index (χ4n) is 4.25. The molecular formula is C31H31ClFN5O4. The van der Waals surface area contributed by atoms with Crippen LogP contribution in [0.15, 0.2) is 77.3 Å². The number of hydrogen-bond donors (Lipinski definition) is 3. The minimum atomic E-state index is -0.906. The summed E-state index contributed by atoms with van der Waals surface area (Å²) in [6.07, 6.45) is 2.50. The number of halogens is 2. The van der Waals surface area contributed by atoms with Gasteiger partial charge in [0.15, 0.2) is 0 Å². The molecule has 9 nitrogen and oxygen atoms in total. The number of ketones is 1. The smallest absolute Gasteiger partial charge is 0.251 e. The molecule has 0 spiro atoms. The quantitative estimate of drug-likeness (QED) is 0.144. The Kier molecular flexibility index (Phi) is 10.9. The van der Waals surface area contributed by atoms with Gasteiger partial charge in [-0.2, -0.15) is 4.98 Å². The monoisotopic (exact) mass is 591 g/mol. The molecule has 0 fully saturated rings. The summed E-state index contributed by atoms with van der Waals surface area (Å²) in [5.74, 6) is -1.62. The molecule has 0 aliphatic rings. The van der Waals surface area contributed by atoms with Crippen molar-refractivity contribution in [1.82, 2.24) is 20.8 Å². The van der Waals surface area contributed by atoms with Crippen molar-refractivity contribution in [3.8, 4) is 0 Å². The first-order valence-electron chi connectivity index (χ1n) is 13.6. The summed E-state index contributed by atoms with van der Waals surface area (Å²) in [5, 5.41) is 10.1. The van der Waals surface area contributed by atoms with Gasteiger partial charge < -0.3 is 20.9 Å². The summed E-state index contributed by atoms with van der Waals surface area (Å²) < 4.78 is 18.5. The molecular weight excluding hydrogens is 561 g/mol. The van der Waals surface area contributed by atoms with Crippen LogP contribution in [0.3, 0.4) is 0 Å². The molecule has 42 heavy (non-hydrogen) atoms. The Morgan fingerprint density at radius 2 is 1.64 bits per heavy atom. The van der Waals surface area contributed by atoms with Crippen LogP contribution >= 0.6 is 11.6 Å². The number of aromatic nitrogens is 2. The lowest BCUT2D eigenvalue weighted by molar-refractivity contribution is 0.0843. The number of Topliss-reactive ketones (excluding diaryl/α,β-unsaturated/α-hetero) is 1. The summed E-state index contributed by atoms with van der Waals surface area (Å²) in [6.45, 7) is 0.917. The highest BCUT2D eigenvalue weighted by Gasteiger charge is 2.26. The Bertz CT molecular complexity index is 1510. The maximum atomic E-state index is 13.2. The van der Waals surface area contributed by atoms with Crippen LogP contribution in [0, 0.1) is 5.82 Å². The van der Waals surface area contributed by atoms with Gasteiger partial charge in [-0.05, 0) is 91.9 Å². The van der Waals surface area contributed by atoms with Crippen LogP contribution in [0.25, 0.3) is 0 Å². The molecule has 4 rings (SSSR count). The first kappa shape index (κ1) is 30.5. The van der Waals surface area contributed by atoms with Gasteiger partial charge in [-0.1, -0.05) is 41.0 Å². The number of hydrogen-bond acceptors (Lipinski definition) is 7. The fourth-order valence-corrected chi connectivity index (χ4v) is 4.46. The van der Waals surface area contributed by atoms with Gasteiger partial charge in [-0.25, -0.2) is 4.39 Å². The van der Waals surface area contributed by atoms with Crippen molar-refractivity contribution in [2.75, 3.05) is 13.1 Å². The molecule has 11 heteroatoms. The standard InChI is InChI=1S/C31H31ClFN5O4/c32-24-5-3-4-20(18-24)15-17-35-30(40)22-9-7-21(8-10-22)19-27-37-29(38-42-27)28(39)26(6-1-2-16-34)36-31(41)23-11-13-25(33)14-12-23/h3-5,7-14,18,26H,1-2,6,15-17,19,34H2,(H,35,40)(H,36,41)/t26-/m0/s1. The van der Waals surface area contributed by atoms with E-state index in [2.05, 4.69) is 20.8 Å². The summed E-state index contributed by atoms with van der Waals surface area (Å²) in [6, 6.07) is 18.6.